The standard InChI is InChI=1S/C9H13ClN2O/c1-2-13-7-4-3-6(5-10)8(11)9(7)12/h3-4H,2,5,11-12H2,1H3. The summed E-state index contributed by atoms with van der Waals surface area (Å²) in [5, 5.41) is 0. The average molecular weight is 201 g/mol. The molecular weight excluding hydrogens is 188 g/mol. The number of alkyl halides is 1. The second-order valence-electron chi connectivity index (χ2n) is 2.62. The van der Waals surface area contributed by atoms with Crippen molar-refractivity contribution in [3.05, 3.63) is 17.7 Å². The molecule has 1 aromatic rings. The smallest absolute Gasteiger partial charge is 0.144 e. The summed E-state index contributed by atoms with van der Waals surface area (Å²) < 4.78 is 5.27. The highest BCUT2D eigenvalue weighted by molar-refractivity contribution is 6.17. The summed E-state index contributed by atoms with van der Waals surface area (Å²) in [6.45, 7) is 2.47. The summed E-state index contributed by atoms with van der Waals surface area (Å²) in [5.41, 5.74) is 13.3. The Kier molecular flexibility index (Phi) is 3.25. The molecule has 0 amide bonds. The Morgan fingerprint density at radius 3 is 2.54 bits per heavy atom. The largest absolute Gasteiger partial charge is 0.492 e. The van der Waals surface area contributed by atoms with Crippen LogP contribution >= 0.6 is 11.6 Å². The predicted octanol–water partition coefficient (Wildman–Crippen LogP) is 1.99. The molecule has 0 bridgehead atoms. The second kappa shape index (κ2) is 4.23. The second-order valence-corrected chi connectivity index (χ2v) is 2.88. The van der Waals surface area contributed by atoms with Gasteiger partial charge in [-0.3, -0.25) is 0 Å². The fourth-order valence-electron chi connectivity index (χ4n) is 1.06. The molecule has 1 aromatic carbocycles. The molecule has 4 N–H and O–H groups in total. The van der Waals surface area contributed by atoms with Crippen LogP contribution in [-0.2, 0) is 5.88 Å². The third kappa shape index (κ3) is 1.98. The van der Waals surface area contributed by atoms with Crippen molar-refractivity contribution in [1.29, 1.82) is 0 Å². The minimum absolute atomic E-state index is 0.364. The van der Waals surface area contributed by atoms with Crippen molar-refractivity contribution in [2.24, 2.45) is 0 Å². The highest BCUT2D eigenvalue weighted by atomic mass is 35.5. The molecule has 4 heteroatoms. The summed E-state index contributed by atoms with van der Waals surface area (Å²) in [7, 11) is 0. The number of anilines is 2. The van der Waals surface area contributed by atoms with Crippen LogP contribution in [0.1, 0.15) is 12.5 Å². The zero-order valence-corrected chi connectivity index (χ0v) is 8.27. The number of hydrogen-bond acceptors (Lipinski definition) is 3. The van der Waals surface area contributed by atoms with Gasteiger partial charge in [-0.1, -0.05) is 6.07 Å². The van der Waals surface area contributed by atoms with Gasteiger partial charge in [-0.25, -0.2) is 0 Å². The molecule has 72 valence electrons. The minimum atomic E-state index is 0.364. The van der Waals surface area contributed by atoms with Crippen LogP contribution in [0.3, 0.4) is 0 Å². The molecule has 13 heavy (non-hydrogen) atoms. The SMILES string of the molecule is CCOc1ccc(CCl)c(N)c1N. The molecule has 0 aliphatic heterocycles. The maximum absolute atomic E-state index is 5.74. The van der Waals surface area contributed by atoms with E-state index < -0.39 is 0 Å². The Morgan fingerprint density at radius 1 is 1.31 bits per heavy atom. The number of hydrogen-bond donors (Lipinski definition) is 2. The van der Waals surface area contributed by atoms with Gasteiger partial charge in [0.05, 0.1) is 18.0 Å². The number of halogens is 1. The van der Waals surface area contributed by atoms with E-state index >= 15 is 0 Å². The lowest BCUT2D eigenvalue weighted by Gasteiger charge is -2.11. The molecule has 0 atom stereocenters. The van der Waals surface area contributed by atoms with Gasteiger partial charge in [0, 0.05) is 5.88 Å². The van der Waals surface area contributed by atoms with Crippen molar-refractivity contribution in [2.75, 3.05) is 18.1 Å². The van der Waals surface area contributed by atoms with Crippen molar-refractivity contribution in [3.63, 3.8) is 0 Å². The average Bonchev–Trinajstić information content (AvgIpc) is 2.14. The van der Waals surface area contributed by atoms with Crippen LogP contribution in [-0.4, -0.2) is 6.61 Å². The Labute approximate surface area is 82.6 Å². The lowest BCUT2D eigenvalue weighted by atomic mass is 10.1. The molecule has 0 unspecified atom stereocenters. The molecular formula is C9H13ClN2O. The van der Waals surface area contributed by atoms with Crippen LogP contribution in [0.25, 0.3) is 0 Å². The Bertz CT molecular complexity index is 302. The van der Waals surface area contributed by atoms with Gasteiger partial charge in [-0.2, -0.15) is 0 Å². The van der Waals surface area contributed by atoms with E-state index in [0.717, 1.165) is 5.56 Å². The zero-order valence-electron chi connectivity index (χ0n) is 7.51. The van der Waals surface area contributed by atoms with Crippen LogP contribution in [0.4, 0.5) is 11.4 Å². The van der Waals surface area contributed by atoms with Crippen molar-refractivity contribution < 1.29 is 4.74 Å². The third-order valence-corrected chi connectivity index (χ3v) is 2.07. The molecule has 0 aromatic heterocycles. The first-order valence-electron chi connectivity index (χ1n) is 4.06. The van der Waals surface area contributed by atoms with E-state index in [1.54, 1.807) is 6.07 Å². The van der Waals surface area contributed by atoms with E-state index in [0.29, 0.717) is 29.6 Å². The van der Waals surface area contributed by atoms with Crippen molar-refractivity contribution in [3.8, 4) is 5.75 Å². The van der Waals surface area contributed by atoms with E-state index in [4.69, 9.17) is 27.8 Å². The van der Waals surface area contributed by atoms with Crippen LogP contribution in [0.5, 0.6) is 5.75 Å². The first-order chi connectivity index (χ1) is 6.20. The van der Waals surface area contributed by atoms with Crippen molar-refractivity contribution in [2.45, 2.75) is 12.8 Å². The van der Waals surface area contributed by atoms with Gasteiger partial charge in [0.1, 0.15) is 5.75 Å². The van der Waals surface area contributed by atoms with Gasteiger partial charge in [-0.05, 0) is 18.6 Å². The van der Waals surface area contributed by atoms with Gasteiger partial charge < -0.3 is 16.2 Å². The van der Waals surface area contributed by atoms with E-state index in [2.05, 4.69) is 0 Å². The highest BCUT2D eigenvalue weighted by Gasteiger charge is 2.07. The lowest BCUT2D eigenvalue weighted by molar-refractivity contribution is 0.342. The van der Waals surface area contributed by atoms with Gasteiger partial charge in [-0.15, -0.1) is 11.6 Å². The van der Waals surface area contributed by atoms with Gasteiger partial charge >= 0.3 is 0 Å². The van der Waals surface area contributed by atoms with Gasteiger partial charge in [0.2, 0.25) is 0 Å². The van der Waals surface area contributed by atoms with E-state index in [1.807, 2.05) is 13.0 Å². The molecule has 0 aliphatic carbocycles. The van der Waals surface area contributed by atoms with E-state index in [-0.39, 0.29) is 0 Å². The number of ether oxygens (including phenoxy) is 1. The number of rotatable bonds is 3. The Balaban J connectivity index is 3.07. The molecule has 3 nitrogen and oxygen atoms in total. The predicted molar refractivity (Wildman–Crippen MR) is 56.0 cm³/mol. The maximum Gasteiger partial charge on any atom is 0.144 e. The number of nitrogens with two attached hydrogens (primary N) is 2. The fraction of sp³-hybridized carbons (Fsp3) is 0.333. The quantitative estimate of drug-likeness (QED) is 0.580. The maximum atomic E-state index is 5.74. The number of benzene rings is 1. The Morgan fingerprint density at radius 2 is 2.00 bits per heavy atom. The van der Waals surface area contributed by atoms with Crippen molar-refractivity contribution >= 4 is 23.0 Å². The third-order valence-electron chi connectivity index (χ3n) is 1.78. The molecule has 0 heterocycles. The fourth-order valence-corrected chi connectivity index (χ4v) is 1.29. The molecule has 0 radical (unpaired) electrons. The van der Waals surface area contributed by atoms with Crippen molar-refractivity contribution in [1.82, 2.24) is 0 Å². The van der Waals surface area contributed by atoms with Gasteiger partial charge in [0.25, 0.3) is 0 Å². The normalized spacial score (nSPS) is 10.0. The van der Waals surface area contributed by atoms with E-state index in [1.165, 1.54) is 0 Å². The molecule has 0 saturated heterocycles. The summed E-state index contributed by atoms with van der Waals surface area (Å²) in [6.07, 6.45) is 0. The van der Waals surface area contributed by atoms with Crippen LogP contribution in [0, 0.1) is 0 Å². The minimum Gasteiger partial charge on any atom is -0.492 e. The molecule has 0 aliphatic rings. The monoisotopic (exact) mass is 200 g/mol. The topological polar surface area (TPSA) is 61.3 Å². The zero-order chi connectivity index (χ0) is 9.84. The summed E-state index contributed by atoms with van der Waals surface area (Å²) >= 11 is 5.66. The van der Waals surface area contributed by atoms with Crippen LogP contribution < -0.4 is 16.2 Å². The van der Waals surface area contributed by atoms with Gasteiger partial charge in [0.15, 0.2) is 0 Å². The highest BCUT2D eigenvalue weighted by Crippen LogP contribution is 2.31. The molecule has 1 rings (SSSR count). The lowest BCUT2D eigenvalue weighted by Crippen LogP contribution is -2.03. The summed E-state index contributed by atoms with van der Waals surface area (Å²) in [6, 6.07) is 3.61. The molecule has 0 fully saturated rings. The first kappa shape index (κ1) is 9.99. The Hall–Kier alpha value is -1.09. The molecule has 0 saturated carbocycles. The summed E-state index contributed by atoms with van der Waals surface area (Å²) in [5.74, 6) is 0.983. The van der Waals surface area contributed by atoms with Crippen LogP contribution in [0.15, 0.2) is 12.1 Å². The number of nitrogen functional groups attached to an aromatic ring is 2. The van der Waals surface area contributed by atoms with E-state index in [9.17, 15) is 0 Å². The first-order valence-corrected chi connectivity index (χ1v) is 4.59. The van der Waals surface area contributed by atoms with Crippen LogP contribution in [0.2, 0.25) is 0 Å². The molecule has 0 spiro atoms. The summed E-state index contributed by atoms with van der Waals surface area (Å²) in [4.78, 5) is 0.